The van der Waals surface area contributed by atoms with E-state index in [-0.39, 0.29) is 5.92 Å². The first-order valence-corrected chi connectivity index (χ1v) is 7.06. The van der Waals surface area contributed by atoms with Gasteiger partial charge in [0, 0.05) is 12.8 Å². The minimum Gasteiger partial charge on any atom is -0.505 e. The molecule has 0 radical (unpaired) electrons. The zero-order chi connectivity index (χ0) is 16.0. The number of aliphatic hydroxyl groups is 2. The molecule has 0 fully saturated rings. The molecule has 0 aliphatic rings. The smallest absolute Gasteiger partial charge is 0.165 e. The molecule has 116 valence electrons. The topological polar surface area (TPSA) is 60.7 Å². The zero-order valence-corrected chi connectivity index (χ0v) is 12.7. The summed E-state index contributed by atoms with van der Waals surface area (Å²) in [5, 5.41) is 28.8. The van der Waals surface area contributed by atoms with Crippen molar-refractivity contribution in [3.63, 3.8) is 0 Å². The maximum atomic E-state index is 13.2. The molecule has 0 saturated heterocycles. The van der Waals surface area contributed by atoms with Crippen LogP contribution >= 0.6 is 0 Å². The predicted octanol–water partition coefficient (Wildman–Crippen LogP) is 3.46. The van der Waals surface area contributed by atoms with Crippen molar-refractivity contribution in [2.24, 2.45) is 5.92 Å². The SMILES string of the molecule is CC(=C=CC[C@@H](O)c1ccc(O)c(F)c1)C[C@@H](O)C(C)C. The van der Waals surface area contributed by atoms with E-state index in [1.807, 2.05) is 20.8 Å². The standard InChI is InChI=1S/C17H23FO3/c1-11(2)17(21)9-12(3)5-4-6-15(19)13-7-8-16(20)14(18)10-13/h4,7-8,10-11,15,17,19-21H,6,9H2,1-3H3/t5?,15-,17-/m1/s1. The van der Waals surface area contributed by atoms with Gasteiger partial charge in [-0.3, -0.25) is 0 Å². The Hall–Kier alpha value is -1.61. The normalized spacial score (nSPS) is 13.7. The van der Waals surface area contributed by atoms with E-state index in [1.54, 1.807) is 6.08 Å². The van der Waals surface area contributed by atoms with Crippen molar-refractivity contribution in [3.05, 3.63) is 47.0 Å². The largest absolute Gasteiger partial charge is 0.505 e. The summed E-state index contributed by atoms with van der Waals surface area (Å²) >= 11 is 0. The molecule has 0 bridgehead atoms. The van der Waals surface area contributed by atoms with Gasteiger partial charge in [-0.1, -0.05) is 19.9 Å². The van der Waals surface area contributed by atoms with Crippen LogP contribution in [0.15, 0.2) is 35.6 Å². The van der Waals surface area contributed by atoms with Crippen LogP contribution in [0.3, 0.4) is 0 Å². The molecule has 0 aliphatic heterocycles. The van der Waals surface area contributed by atoms with Crippen LogP contribution < -0.4 is 0 Å². The lowest BCUT2D eigenvalue weighted by Crippen LogP contribution is -2.14. The highest BCUT2D eigenvalue weighted by molar-refractivity contribution is 5.29. The Balaban J connectivity index is 2.64. The molecule has 3 N–H and O–H groups in total. The van der Waals surface area contributed by atoms with Crippen LogP contribution in [0.2, 0.25) is 0 Å². The van der Waals surface area contributed by atoms with Crippen LogP contribution in [0.4, 0.5) is 4.39 Å². The van der Waals surface area contributed by atoms with Crippen LogP contribution in [0.25, 0.3) is 0 Å². The van der Waals surface area contributed by atoms with Crippen LogP contribution in [0.5, 0.6) is 5.75 Å². The fourth-order valence-electron chi connectivity index (χ4n) is 1.82. The van der Waals surface area contributed by atoms with E-state index in [0.29, 0.717) is 18.4 Å². The van der Waals surface area contributed by atoms with E-state index in [4.69, 9.17) is 5.11 Å². The first kappa shape index (κ1) is 17.4. The lowest BCUT2D eigenvalue weighted by atomic mass is 10.0. The molecule has 0 amide bonds. The Morgan fingerprint density at radius 1 is 1.33 bits per heavy atom. The summed E-state index contributed by atoms with van der Waals surface area (Å²) in [5.74, 6) is -0.991. The van der Waals surface area contributed by atoms with Gasteiger partial charge in [-0.2, -0.15) is 0 Å². The molecule has 0 saturated carbocycles. The number of phenolic OH excluding ortho intramolecular Hbond substituents is 1. The minimum atomic E-state index is -0.851. The Labute approximate surface area is 125 Å². The van der Waals surface area contributed by atoms with Crippen molar-refractivity contribution in [3.8, 4) is 5.75 Å². The van der Waals surface area contributed by atoms with Crippen molar-refractivity contribution in [1.29, 1.82) is 0 Å². The van der Waals surface area contributed by atoms with E-state index in [0.717, 1.165) is 11.6 Å². The summed E-state index contributed by atoms with van der Waals surface area (Å²) in [6, 6.07) is 3.82. The lowest BCUT2D eigenvalue weighted by Gasteiger charge is -2.13. The monoisotopic (exact) mass is 294 g/mol. The molecular weight excluding hydrogens is 271 g/mol. The number of hydrogen-bond donors (Lipinski definition) is 3. The second-order valence-electron chi connectivity index (χ2n) is 5.61. The number of rotatable bonds is 6. The van der Waals surface area contributed by atoms with Crippen molar-refractivity contribution >= 4 is 0 Å². The summed E-state index contributed by atoms with van der Waals surface area (Å²) in [5.41, 5.74) is 4.33. The molecule has 0 unspecified atom stereocenters. The fraction of sp³-hybridized carbons (Fsp3) is 0.471. The van der Waals surface area contributed by atoms with Crippen LogP contribution in [0, 0.1) is 11.7 Å². The lowest BCUT2D eigenvalue weighted by molar-refractivity contribution is 0.125. The van der Waals surface area contributed by atoms with E-state index in [2.05, 4.69) is 5.73 Å². The molecular formula is C17H23FO3. The number of benzene rings is 1. The first-order valence-electron chi connectivity index (χ1n) is 7.06. The van der Waals surface area contributed by atoms with E-state index < -0.39 is 23.8 Å². The van der Waals surface area contributed by atoms with Gasteiger partial charge in [0.1, 0.15) is 0 Å². The van der Waals surface area contributed by atoms with E-state index in [9.17, 15) is 14.6 Å². The molecule has 21 heavy (non-hydrogen) atoms. The summed E-state index contributed by atoms with van der Waals surface area (Å²) in [7, 11) is 0. The molecule has 1 aromatic carbocycles. The molecule has 0 spiro atoms. The van der Waals surface area contributed by atoms with Crippen molar-refractivity contribution < 1.29 is 19.7 Å². The van der Waals surface area contributed by atoms with Crippen LogP contribution in [-0.2, 0) is 0 Å². The number of phenols is 1. The van der Waals surface area contributed by atoms with Gasteiger partial charge >= 0.3 is 0 Å². The highest BCUT2D eigenvalue weighted by Gasteiger charge is 2.10. The Morgan fingerprint density at radius 3 is 2.57 bits per heavy atom. The Kier molecular flexibility index (Phi) is 6.63. The second kappa shape index (κ2) is 7.99. The van der Waals surface area contributed by atoms with Gasteiger partial charge in [0.15, 0.2) is 11.6 Å². The highest BCUT2D eigenvalue weighted by atomic mass is 19.1. The molecule has 1 rings (SSSR count). The van der Waals surface area contributed by atoms with Gasteiger partial charge in [0.2, 0.25) is 0 Å². The summed E-state index contributed by atoms with van der Waals surface area (Å²) in [6.07, 6.45) is 1.26. The Morgan fingerprint density at radius 2 is 2.00 bits per heavy atom. The van der Waals surface area contributed by atoms with Gasteiger partial charge in [-0.05, 0) is 42.2 Å². The average molecular weight is 294 g/mol. The van der Waals surface area contributed by atoms with Gasteiger partial charge < -0.3 is 15.3 Å². The molecule has 4 heteroatoms. The van der Waals surface area contributed by atoms with E-state index >= 15 is 0 Å². The molecule has 0 aromatic heterocycles. The maximum Gasteiger partial charge on any atom is 0.165 e. The number of aromatic hydroxyl groups is 1. The second-order valence-corrected chi connectivity index (χ2v) is 5.61. The van der Waals surface area contributed by atoms with Crippen molar-refractivity contribution in [2.75, 3.05) is 0 Å². The molecule has 1 aromatic rings. The van der Waals surface area contributed by atoms with Gasteiger partial charge in [0.05, 0.1) is 12.2 Å². The molecule has 0 aliphatic carbocycles. The number of halogens is 1. The summed E-state index contributed by atoms with van der Waals surface area (Å²) in [4.78, 5) is 0. The first-order chi connectivity index (χ1) is 9.81. The van der Waals surface area contributed by atoms with Gasteiger partial charge in [-0.15, -0.1) is 5.73 Å². The minimum absolute atomic E-state index is 0.187. The van der Waals surface area contributed by atoms with Crippen molar-refractivity contribution in [2.45, 2.75) is 45.8 Å². The predicted molar refractivity (Wildman–Crippen MR) is 80.4 cm³/mol. The van der Waals surface area contributed by atoms with E-state index in [1.165, 1.54) is 12.1 Å². The fourth-order valence-corrected chi connectivity index (χ4v) is 1.82. The van der Waals surface area contributed by atoms with Crippen LogP contribution in [-0.4, -0.2) is 21.4 Å². The molecule has 2 atom stereocenters. The third-order valence-corrected chi connectivity index (χ3v) is 3.33. The molecule has 0 heterocycles. The van der Waals surface area contributed by atoms with Gasteiger partial charge in [0.25, 0.3) is 0 Å². The Bertz CT molecular complexity index is 531. The van der Waals surface area contributed by atoms with Crippen molar-refractivity contribution in [1.82, 2.24) is 0 Å². The average Bonchev–Trinajstić information content (AvgIpc) is 2.41. The zero-order valence-electron chi connectivity index (χ0n) is 12.7. The van der Waals surface area contributed by atoms with Gasteiger partial charge in [-0.25, -0.2) is 4.39 Å². The number of aliphatic hydroxyl groups excluding tert-OH is 2. The van der Waals surface area contributed by atoms with Crippen LogP contribution in [0.1, 0.15) is 45.3 Å². The summed E-state index contributed by atoms with van der Waals surface area (Å²) < 4.78 is 13.2. The molecule has 3 nitrogen and oxygen atoms in total. The third-order valence-electron chi connectivity index (χ3n) is 3.33. The summed E-state index contributed by atoms with van der Waals surface area (Å²) in [6.45, 7) is 5.77. The number of hydrogen-bond acceptors (Lipinski definition) is 3. The third kappa shape index (κ3) is 5.72. The maximum absolute atomic E-state index is 13.2. The quantitative estimate of drug-likeness (QED) is 0.704. The highest BCUT2D eigenvalue weighted by Crippen LogP contribution is 2.23.